The molecule has 0 radical (unpaired) electrons. The Morgan fingerprint density at radius 2 is 1.08 bits per heavy atom. The van der Waals surface area contributed by atoms with Crippen LogP contribution in [0.5, 0.6) is 0 Å². The zero-order valence-electron chi connectivity index (χ0n) is 44.4. The molecule has 392 valence electrons. The van der Waals surface area contributed by atoms with Gasteiger partial charge < -0.3 is 39.1 Å². The number of ether oxygens (including phenoxy) is 3. The van der Waals surface area contributed by atoms with E-state index in [0.717, 1.165) is 70.1 Å². The van der Waals surface area contributed by atoms with Crippen molar-refractivity contribution in [3.05, 3.63) is 93.4 Å². The minimum Gasteiger partial charge on any atom is -0.444 e. The van der Waals surface area contributed by atoms with Crippen LogP contribution in [0, 0.1) is 0 Å². The summed E-state index contributed by atoms with van der Waals surface area (Å²) >= 11 is 7.16. The number of fused-ring (bicyclic) bond motifs is 2. The van der Waals surface area contributed by atoms with Crippen molar-refractivity contribution < 1.29 is 28.6 Å². The van der Waals surface area contributed by atoms with E-state index in [0.29, 0.717) is 47.8 Å². The van der Waals surface area contributed by atoms with E-state index < -0.39 is 22.9 Å². The van der Waals surface area contributed by atoms with Crippen LogP contribution >= 0.6 is 31.9 Å². The van der Waals surface area contributed by atoms with Crippen LogP contribution in [-0.2, 0) is 14.2 Å². The predicted molar refractivity (Wildman–Crippen MR) is 294 cm³/mol. The predicted octanol–water partition coefficient (Wildman–Crippen LogP) is 12.2. The number of piperidine rings is 2. The van der Waals surface area contributed by atoms with Crippen molar-refractivity contribution >= 4 is 95.8 Å². The summed E-state index contributed by atoms with van der Waals surface area (Å²) in [6, 6.07) is 19.8. The second-order valence-corrected chi connectivity index (χ2v) is 23.6. The molecule has 2 atom stereocenters. The van der Waals surface area contributed by atoms with E-state index in [-0.39, 0.29) is 24.0 Å². The largest absolute Gasteiger partial charge is 0.444 e. The topological polar surface area (TPSA) is 168 Å². The highest BCUT2D eigenvalue weighted by Crippen LogP contribution is 2.37. The zero-order chi connectivity index (χ0) is 53.2. The number of hydrogen-bond donors (Lipinski definition) is 1. The summed E-state index contributed by atoms with van der Waals surface area (Å²) < 4.78 is 22.1. The molecule has 73 heavy (non-hydrogen) atoms. The van der Waals surface area contributed by atoms with E-state index in [1.807, 2.05) is 144 Å². The molecule has 3 amide bonds. The molecule has 0 saturated carbocycles. The number of rotatable bonds is 8. The quantitative estimate of drug-likeness (QED) is 0.143. The van der Waals surface area contributed by atoms with Gasteiger partial charge in [-0.15, -0.1) is 0 Å². The molecule has 2 aliphatic heterocycles. The number of benzene rings is 2. The molecule has 2 aliphatic rings. The van der Waals surface area contributed by atoms with Crippen LogP contribution in [0.3, 0.4) is 0 Å². The Kier molecular flexibility index (Phi) is 16.6. The fourth-order valence-electron chi connectivity index (χ4n) is 8.54. The molecule has 4 aromatic heterocycles. The first kappa shape index (κ1) is 54.6. The molecule has 0 aliphatic carbocycles. The van der Waals surface area contributed by atoms with Crippen LogP contribution in [-0.4, -0.2) is 128 Å². The van der Waals surface area contributed by atoms with E-state index in [1.54, 1.807) is 31.2 Å². The lowest BCUT2D eigenvalue weighted by Gasteiger charge is -2.34. The molecule has 6 aromatic rings. The van der Waals surface area contributed by atoms with Gasteiger partial charge in [0, 0.05) is 95.4 Å². The van der Waals surface area contributed by atoms with Gasteiger partial charge in [0.15, 0.2) is 11.3 Å². The molecule has 2 unspecified atom stereocenters. The third-order valence-electron chi connectivity index (χ3n) is 11.9. The Hall–Kier alpha value is -6.15. The van der Waals surface area contributed by atoms with Gasteiger partial charge in [-0.3, -0.25) is 0 Å². The van der Waals surface area contributed by atoms with Gasteiger partial charge in [-0.25, -0.2) is 29.3 Å². The second-order valence-electron chi connectivity index (χ2n) is 21.9. The number of halogens is 2. The lowest BCUT2D eigenvalue weighted by Crippen LogP contribution is -2.42. The smallest absolute Gasteiger partial charge is 0.420 e. The van der Waals surface area contributed by atoms with Crippen LogP contribution in [0.2, 0.25) is 0 Å². The Balaban J connectivity index is 0.000000218. The van der Waals surface area contributed by atoms with Crippen molar-refractivity contribution in [3.63, 3.8) is 0 Å². The SMILES string of the molecule is CN(C)c1cccc(N(C(=O)OC(C)(C)C)c2cc(C3CCCN(C(=O)OC(C)(C)C)C3)nc3c(Br)cnn23)c1.CN(C)c1cccc(Nc2cc(C3CCCN(C(=O)OC(C)(C)C)C3)nc3c(Br)cnn23)c1. The molecule has 6 heterocycles. The van der Waals surface area contributed by atoms with Crippen LogP contribution in [0.4, 0.5) is 48.8 Å². The van der Waals surface area contributed by atoms with Crippen molar-refractivity contribution in [3.8, 4) is 0 Å². The van der Waals surface area contributed by atoms with E-state index in [2.05, 4.69) is 64.4 Å². The Bertz CT molecular complexity index is 2940. The van der Waals surface area contributed by atoms with Crippen molar-refractivity contribution in [2.75, 3.05) is 74.4 Å². The number of carbonyl (C=O) groups is 3. The van der Waals surface area contributed by atoms with Crippen LogP contribution < -0.4 is 20.0 Å². The van der Waals surface area contributed by atoms with Gasteiger partial charge in [-0.2, -0.15) is 19.2 Å². The Morgan fingerprint density at radius 3 is 1.60 bits per heavy atom. The molecule has 2 aromatic carbocycles. The number of aromatic nitrogens is 6. The van der Waals surface area contributed by atoms with Gasteiger partial charge in [0.2, 0.25) is 0 Å². The molecular formula is C53H70Br2N12O6. The Morgan fingerprint density at radius 1 is 0.616 bits per heavy atom. The van der Waals surface area contributed by atoms with Crippen molar-refractivity contribution in [2.45, 2.75) is 117 Å². The first-order valence-electron chi connectivity index (χ1n) is 24.6. The number of hydrogen-bond acceptors (Lipinski definition) is 13. The summed E-state index contributed by atoms with van der Waals surface area (Å²) in [6.45, 7) is 19.1. The van der Waals surface area contributed by atoms with Crippen molar-refractivity contribution in [1.82, 2.24) is 39.0 Å². The molecule has 0 spiro atoms. The number of amides is 3. The van der Waals surface area contributed by atoms with Gasteiger partial charge in [0.1, 0.15) is 28.4 Å². The fraction of sp³-hybridized carbons (Fsp3) is 0.491. The summed E-state index contributed by atoms with van der Waals surface area (Å²) in [5.74, 6) is 1.38. The van der Waals surface area contributed by atoms with Gasteiger partial charge in [-0.1, -0.05) is 12.1 Å². The summed E-state index contributed by atoms with van der Waals surface area (Å²) in [7, 11) is 7.94. The highest BCUT2D eigenvalue weighted by molar-refractivity contribution is 9.11. The molecular weight excluding hydrogens is 1060 g/mol. The first-order chi connectivity index (χ1) is 34.2. The van der Waals surface area contributed by atoms with Crippen molar-refractivity contribution in [1.29, 1.82) is 0 Å². The zero-order valence-corrected chi connectivity index (χ0v) is 47.5. The minimum atomic E-state index is -0.717. The summed E-state index contributed by atoms with van der Waals surface area (Å²) in [4.78, 5) is 58.3. The number of nitrogens with zero attached hydrogens (tertiary/aromatic N) is 11. The lowest BCUT2D eigenvalue weighted by molar-refractivity contribution is 0.0187. The second kappa shape index (κ2) is 22.1. The number of anilines is 6. The minimum absolute atomic E-state index is 0.0552. The van der Waals surface area contributed by atoms with E-state index in [9.17, 15) is 14.4 Å². The van der Waals surface area contributed by atoms with E-state index >= 15 is 0 Å². The number of nitrogens with one attached hydrogen (secondary N) is 1. The maximum Gasteiger partial charge on any atom is 0.420 e. The molecule has 18 nitrogen and oxygen atoms in total. The lowest BCUT2D eigenvalue weighted by atomic mass is 9.94. The maximum atomic E-state index is 13.8. The molecule has 2 fully saturated rings. The highest BCUT2D eigenvalue weighted by atomic mass is 79.9. The first-order valence-corrected chi connectivity index (χ1v) is 26.2. The average Bonchev–Trinajstić information content (AvgIpc) is 3.89. The molecule has 20 heteroatoms. The van der Waals surface area contributed by atoms with Gasteiger partial charge in [0.25, 0.3) is 0 Å². The van der Waals surface area contributed by atoms with E-state index in [4.69, 9.17) is 24.2 Å². The third kappa shape index (κ3) is 13.9. The molecule has 0 bridgehead atoms. The molecule has 8 rings (SSSR count). The number of carbonyl (C=O) groups excluding carboxylic acids is 3. The van der Waals surface area contributed by atoms with Gasteiger partial charge >= 0.3 is 18.3 Å². The Labute approximate surface area is 445 Å². The fourth-order valence-corrected chi connectivity index (χ4v) is 9.24. The van der Waals surface area contributed by atoms with Crippen molar-refractivity contribution in [2.24, 2.45) is 0 Å². The van der Waals surface area contributed by atoms with Crippen LogP contribution in [0.25, 0.3) is 11.3 Å². The van der Waals surface area contributed by atoms with Gasteiger partial charge in [0.05, 0.1) is 38.4 Å². The standard InChI is InChI=1S/C29H39BrN6O4.C24H31BrN6O2/c1-28(2,3)39-26(37)34-14-10-11-19(18-34)23-16-24(36-25(32-23)22(30)17-31-36)35(27(38)40-29(4,5)6)21-13-9-12-20(15-21)33(7)8;1-24(2,3)33-23(32)30-11-7-8-16(15-30)20-13-21(31-22(28-20)19(25)14-26-31)27-17-9-6-10-18(12-17)29(4)5/h9,12-13,15-17,19H,10-11,14,18H2,1-8H3;6,9-10,12-14,16,27H,7-8,11,15H2,1-5H3. The maximum absolute atomic E-state index is 13.8. The normalized spacial score (nSPS) is 16.4. The molecule has 1 N–H and O–H groups in total. The highest BCUT2D eigenvalue weighted by Gasteiger charge is 2.34. The summed E-state index contributed by atoms with van der Waals surface area (Å²) in [5, 5.41) is 12.5. The van der Waals surface area contributed by atoms with Gasteiger partial charge in [-0.05, 0) is 156 Å². The van der Waals surface area contributed by atoms with E-state index in [1.165, 1.54) is 4.90 Å². The number of likely N-dealkylation sites (tertiary alicyclic amines) is 2. The van der Waals surface area contributed by atoms with Crippen LogP contribution in [0.1, 0.15) is 111 Å². The monoisotopic (exact) mass is 1130 g/mol. The summed E-state index contributed by atoms with van der Waals surface area (Å²) in [6.07, 6.45) is 5.80. The molecule has 2 saturated heterocycles. The average molecular weight is 1130 g/mol. The van der Waals surface area contributed by atoms with Crippen LogP contribution in [0.15, 0.2) is 82.0 Å². The summed E-state index contributed by atoms with van der Waals surface area (Å²) in [5.41, 5.74) is 4.82. The third-order valence-corrected chi connectivity index (χ3v) is 13.0.